The molecule has 1 aromatic rings. The molecule has 1 saturated heterocycles. The molecule has 0 spiro atoms. The van der Waals surface area contributed by atoms with Gasteiger partial charge in [0.05, 0.1) is 6.61 Å². The number of nitrogens with zero attached hydrogens (tertiary/aromatic N) is 1. The zero-order chi connectivity index (χ0) is 14.2. The van der Waals surface area contributed by atoms with Crippen LogP contribution in [0.1, 0.15) is 38.2 Å². The van der Waals surface area contributed by atoms with Gasteiger partial charge in [0.15, 0.2) is 0 Å². The van der Waals surface area contributed by atoms with E-state index in [1.807, 2.05) is 0 Å². The minimum atomic E-state index is 0.705. The first-order valence-corrected chi connectivity index (χ1v) is 7.92. The molecular weight excluding hydrogens is 248 g/mol. The highest BCUT2D eigenvalue weighted by Crippen LogP contribution is 2.19. The quantitative estimate of drug-likeness (QED) is 0.828. The second kappa shape index (κ2) is 8.28. The van der Waals surface area contributed by atoms with Crippen LogP contribution >= 0.6 is 0 Å². The van der Waals surface area contributed by atoms with Crippen LogP contribution in [0.2, 0.25) is 0 Å². The van der Waals surface area contributed by atoms with Gasteiger partial charge in [-0.05, 0) is 57.1 Å². The van der Waals surface area contributed by atoms with Crippen LogP contribution in [0.25, 0.3) is 0 Å². The Kier molecular flexibility index (Phi) is 6.34. The highest BCUT2D eigenvalue weighted by Gasteiger charge is 2.18. The number of hydrogen-bond acceptors (Lipinski definition) is 3. The van der Waals surface area contributed by atoms with Crippen molar-refractivity contribution in [2.45, 2.75) is 45.2 Å². The summed E-state index contributed by atoms with van der Waals surface area (Å²) < 4.78 is 5.87. The number of rotatable bonds is 7. The predicted molar refractivity (Wildman–Crippen MR) is 84.2 cm³/mol. The Labute approximate surface area is 123 Å². The van der Waals surface area contributed by atoms with E-state index in [1.54, 1.807) is 0 Å². The lowest BCUT2D eigenvalue weighted by Crippen LogP contribution is -2.37. The van der Waals surface area contributed by atoms with E-state index < -0.39 is 0 Å². The van der Waals surface area contributed by atoms with Gasteiger partial charge in [-0.25, -0.2) is 0 Å². The Hall–Kier alpha value is -1.06. The van der Waals surface area contributed by atoms with Crippen molar-refractivity contribution in [2.24, 2.45) is 0 Å². The fourth-order valence-electron chi connectivity index (χ4n) is 2.79. The van der Waals surface area contributed by atoms with E-state index in [0.717, 1.165) is 31.9 Å². The van der Waals surface area contributed by atoms with Crippen LogP contribution in [0.4, 0.5) is 0 Å². The summed E-state index contributed by atoms with van der Waals surface area (Å²) in [6.45, 7) is 6.13. The van der Waals surface area contributed by atoms with Crippen LogP contribution in [0.15, 0.2) is 24.3 Å². The molecule has 1 aliphatic rings. The molecule has 1 atom stereocenters. The van der Waals surface area contributed by atoms with Gasteiger partial charge >= 0.3 is 0 Å². The van der Waals surface area contributed by atoms with Crippen LogP contribution in [0.5, 0.6) is 5.75 Å². The summed E-state index contributed by atoms with van der Waals surface area (Å²) in [5.41, 5.74) is 1.31. The highest BCUT2D eigenvalue weighted by molar-refractivity contribution is 5.27. The molecule has 1 heterocycles. The van der Waals surface area contributed by atoms with E-state index in [0.29, 0.717) is 6.04 Å². The van der Waals surface area contributed by atoms with Crippen molar-refractivity contribution in [3.63, 3.8) is 0 Å². The smallest absolute Gasteiger partial charge is 0.119 e. The third-order valence-electron chi connectivity index (χ3n) is 4.14. The Bertz CT molecular complexity index is 377. The van der Waals surface area contributed by atoms with E-state index in [4.69, 9.17) is 4.74 Å². The molecule has 0 aliphatic carbocycles. The molecule has 1 aliphatic heterocycles. The topological polar surface area (TPSA) is 24.5 Å². The maximum absolute atomic E-state index is 5.87. The Morgan fingerprint density at radius 2 is 2.05 bits per heavy atom. The first-order valence-electron chi connectivity index (χ1n) is 7.92. The summed E-state index contributed by atoms with van der Waals surface area (Å²) in [5.74, 6) is 0.990. The summed E-state index contributed by atoms with van der Waals surface area (Å²) >= 11 is 0. The summed E-state index contributed by atoms with van der Waals surface area (Å²) in [4.78, 5) is 2.48. The summed E-state index contributed by atoms with van der Waals surface area (Å²) in [7, 11) is 2.24. The molecule has 1 aromatic carbocycles. The fourth-order valence-corrected chi connectivity index (χ4v) is 2.79. The molecule has 2 rings (SSSR count). The number of piperidine rings is 1. The van der Waals surface area contributed by atoms with Crippen molar-refractivity contribution in [1.82, 2.24) is 10.2 Å². The van der Waals surface area contributed by atoms with E-state index in [2.05, 4.69) is 48.5 Å². The molecule has 1 unspecified atom stereocenters. The van der Waals surface area contributed by atoms with Crippen LogP contribution < -0.4 is 10.1 Å². The summed E-state index contributed by atoms with van der Waals surface area (Å²) in [6, 6.07) is 9.15. The number of nitrogens with one attached hydrogen (secondary N) is 1. The lowest BCUT2D eigenvalue weighted by atomic mass is 10.0. The van der Waals surface area contributed by atoms with Crippen LogP contribution in [-0.4, -0.2) is 37.7 Å². The summed E-state index contributed by atoms with van der Waals surface area (Å²) in [6.07, 6.45) is 5.17. The van der Waals surface area contributed by atoms with Crippen molar-refractivity contribution in [3.8, 4) is 5.75 Å². The van der Waals surface area contributed by atoms with Crippen molar-refractivity contribution in [3.05, 3.63) is 29.8 Å². The average molecular weight is 276 g/mol. The highest BCUT2D eigenvalue weighted by atomic mass is 16.5. The monoisotopic (exact) mass is 276 g/mol. The maximum Gasteiger partial charge on any atom is 0.119 e. The van der Waals surface area contributed by atoms with Gasteiger partial charge in [0.1, 0.15) is 5.75 Å². The average Bonchev–Trinajstić information content (AvgIpc) is 2.48. The second-order valence-electron chi connectivity index (χ2n) is 5.69. The van der Waals surface area contributed by atoms with Crippen molar-refractivity contribution < 1.29 is 4.74 Å². The van der Waals surface area contributed by atoms with Gasteiger partial charge in [-0.3, -0.25) is 0 Å². The molecule has 3 nitrogen and oxygen atoms in total. The number of ether oxygens (including phenoxy) is 1. The minimum Gasteiger partial charge on any atom is -0.494 e. The van der Waals surface area contributed by atoms with E-state index in [1.165, 1.54) is 31.4 Å². The van der Waals surface area contributed by atoms with Gasteiger partial charge in [0.2, 0.25) is 0 Å². The van der Waals surface area contributed by atoms with Gasteiger partial charge < -0.3 is 15.0 Å². The molecule has 20 heavy (non-hydrogen) atoms. The summed E-state index contributed by atoms with van der Waals surface area (Å²) in [5, 5.41) is 3.33. The molecule has 0 radical (unpaired) electrons. The van der Waals surface area contributed by atoms with E-state index >= 15 is 0 Å². The number of hydrogen-bond donors (Lipinski definition) is 1. The third kappa shape index (κ3) is 4.80. The van der Waals surface area contributed by atoms with Crippen molar-refractivity contribution >= 4 is 0 Å². The molecule has 0 bridgehead atoms. The fraction of sp³-hybridized carbons (Fsp3) is 0.647. The van der Waals surface area contributed by atoms with Crippen LogP contribution in [0, 0.1) is 0 Å². The van der Waals surface area contributed by atoms with Gasteiger partial charge in [-0.1, -0.05) is 25.5 Å². The van der Waals surface area contributed by atoms with Crippen molar-refractivity contribution in [2.75, 3.05) is 26.7 Å². The van der Waals surface area contributed by atoms with E-state index in [9.17, 15) is 0 Å². The Balaban J connectivity index is 1.70. The van der Waals surface area contributed by atoms with Gasteiger partial charge in [0, 0.05) is 12.6 Å². The predicted octanol–water partition coefficient (Wildman–Crippen LogP) is 3.05. The van der Waals surface area contributed by atoms with Crippen LogP contribution in [-0.2, 0) is 6.54 Å². The number of benzene rings is 1. The maximum atomic E-state index is 5.87. The lowest BCUT2D eigenvalue weighted by molar-refractivity contribution is 0.153. The lowest BCUT2D eigenvalue weighted by Gasteiger charge is -2.32. The molecule has 3 heteroatoms. The SMILES string of the molecule is CCNCc1ccc(OCCC2CCCCN2C)cc1. The molecule has 0 saturated carbocycles. The largest absolute Gasteiger partial charge is 0.494 e. The van der Waals surface area contributed by atoms with Gasteiger partial charge in [0.25, 0.3) is 0 Å². The van der Waals surface area contributed by atoms with Gasteiger partial charge in [-0.2, -0.15) is 0 Å². The van der Waals surface area contributed by atoms with Gasteiger partial charge in [-0.15, -0.1) is 0 Å². The van der Waals surface area contributed by atoms with Crippen LogP contribution in [0.3, 0.4) is 0 Å². The molecule has 1 fully saturated rings. The third-order valence-corrected chi connectivity index (χ3v) is 4.14. The zero-order valence-corrected chi connectivity index (χ0v) is 12.9. The standard InChI is InChI=1S/C17H28N2O/c1-3-18-14-15-7-9-17(10-8-15)20-13-11-16-6-4-5-12-19(16)2/h7-10,16,18H,3-6,11-14H2,1-2H3. The molecule has 1 N–H and O–H groups in total. The molecule has 0 aromatic heterocycles. The molecule has 0 amide bonds. The normalized spacial score (nSPS) is 20.0. The number of likely N-dealkylation sites (tertiary alicyclic amines) is 1. The first kappa shape index (κ1) is 15.3. The second-order valence-corrected chi connectivity index (χ2v) is 5.69. The molecule has 112 valence electrons. The van der Waals surface area contributed by atoms with Crippen molar-refractivity contribution in [1.29, 1.82) is 0 Å². The Morgan fingerprint density at radius 1 is 1.25 bits per heavy atom. The molecular formula is C17H28N2O. The zero-order valence-electron chi connectivity index (χ0n) is 12.9. The minimum absolute atomic E-state index is 0.705. The Morgan fingerprint density at radius 3 is 2.75 bits per heavy atom. The first-order chi connectivity index (χ1) is 9.79. The van der Waals surface area contributed by atoms with E-state index in [-0.39, 0.29) is 0 Å².